The highest BCUT2D eigenvalue weighted by Gasteiger charge is 2.23. The number of ether oxygens (including phenoxy) is 1. The van der Waals surface area contributed by atoms with E-state index in [-0.39, 0.29) is 45.4 Å². The Morgan fingerprint density at radius 3 is 2.89 bits per heavy atom. The van der Waals surface area contributed by atoms with Crippen LogP contribution in [0.3, 0.4) is 0 Å². The van der Waals surface area contributed by atoms with Gasteiger partial charge in [-0.2, -0.15) is 5.10 Å². The number of benzene rings is 1. The first-order valence-electron chi connectivity index (χ1n) is 15.3. The predicted molar refractivity (Wildman–Crippen MR) is 140 cm³/mol. The van der Waals surface area contributed by atoms with Gasteiger partial charge < -0.3 is 14.6 Å². The molecule has 0 amide bonds. The average Bonchev–Trinajstić information content (AvgIpc) is 3.49. The van der Waals surface area contributed by atoms with E-state index < -0.39 is 54.2 Å². The number of sulfonamides is 1. The molecule has 36 heavy (non-hydrogen) atoms. The molecule has 10 nitrogen and oxygen atoms in total. The fourth-order valence-corrected chi connectivity index (χ4v) is 5.18. The molecule has 1 saturated heterocycles. The second-order valence-electron chi connectivity index (χ2n) is 8.61. The van der Waals surface area contributed by atoms with Crippen molar-refractivity contribution in [3.63, 3.8) is 0 Å². The fourth-order valence-electron chi connectivity index (χ4n) is 4.22. The number of hydrogen-bond acceptors (Lipinski definition) is 7. The summed E-state index contributed by atoms with van der Waals surface area (Å²) in [5.74, 6) is 0.0599. The van der Waals surface area contributed by atoms with Crippen LogP contribution in [-0.2, 0) is 23.4 Å². The minimum Gasteiger partial charge on any atom is -0.493 e. The van der Waals surface area contributed by atoms with Crippen LogP contribution in [0.15, 0.2) is 27.9 Å². The monoisotopic (exact) mass is 523 g/mol. The molecule has 1 atom stereocenters. The molecule has 3 heterocycles. The molecule has 4 rings (SSSR count). The first kappa shape index (κ1) is 18.5. The lowest BCUT2D eigenvalue weighted by Gasteiger charge is -2.19. The van der Waals surface area contributed by atoms with Crippen LogP contribution in [0.1, 0.15) is 61.1 Å². The number of hydrogen-bond donors (Lipinski definition) is 2. The minimum absolute atomic E-state index is 0.0834. The van der Waals surface area contributed by atoms with Gasteiger partial charge in [0.2, 0.25) is 10.0 Å². The van der Waals surface area contributed by atoms with Crippen molar-refractivity contribution in [2.45, 2.75) is 63.1 Å². The van der Waals surface area contributed by atoms with E-state index >= 15 is 0 Å². The Morgan fingerprint density at radius 1 is 1.33 bits per heavy atom. The number of fused-ring (bicyclic) bond motifs is 1. The van der Waals surface area contributed by atoms with E-state index in [2.05, 4.69) is 19.8 Å². The molecule has 1 aliphatic heterocycles. The number of rotatable bonds is 11. The third kappa shape index (κ3) is 5.47. The first-order valence-corrected chi connectivity index (χ1v) is 13.3. The average molecular weight is 524 g/mol. The highest BCUT2D eigenvalue weighted by molar-refractivity contribution is 7.89. The summed E-state index contributed by atoms with van der Waals surface area (Å²) >= 11 is 0. The standard InChI is InChI=1S/C25H36N6O4S/c1-5-8-20-22-23(31(4)29-20)25(32)28-24(27-22)19-16-18(10-11-21(19)35-15-6-2)36(33,34)26-13-12-17-9-7-14-30(17)3/h10-11,16-17,26H,5-9,12-15H2,1-4H3,(H,27,28,32)/i1D3,8D2,12D2. The number of H-pyrrole nitrogens is 1. The smallest absolute Gasteiger partial charge is 0.277 e. The van der Waals surface area contributed by atoms with Crippen molar-refractivity contribution in [2.75, 3.05) is 26.7 Å². The Hall–Kier alpha value is -2.76. The van der Waals surface area contributed by atoms with Crippen LogP contribution in [-0.4, -0.2) is 65.9 Å². The summed E-state index contributed by atoms with van der Waals surface area (Å²) in [6.07, 6.45) is -3.11. The highest BCUT2D eigenvalue weighted by Crippen LogP contribution is 2.31. The lowest BCUT2D eigenvalue weighted by molar-refractivity contribution is 0.297. The molecule has 3 aromatic rings. The van der Waals surface area contributed by atoms with Crippen LogP contribution in [0.2, 0.25) is 0 Å². The van der Waals surface area contributed by atoms with Gasteiger partial charge in [-0.25, -0.2) is 18.1 Å². The van der Waals surface area contributed by atoms with Crippen LogP contribution in [0.25, 0.3) is 22.4 Å². The van der Waals surface area contributed by atoms with Crippen LogP contribution in [0.4, 0.5) is 0 Å². The molecule has 0 saturated carbocycles. The second-order valence-corrected chi connectivity index (χ2v) is 10.4. The van der Waals surface area contributed by atoms with E-state index in [9.17, 15) is 13.2 Å². The Kier molecular flexibility index (Phi) is 5.70. The summed E-state index contributed by atoms with van der Waals surface area (Å²) in [4.78, 5) is 21.9. The fraction of sp³-hybridized carbons (Fsp3) is 0.560. The van der Waals surface area contributed by atoms with Gasteiger partial charge in [0.05, 0.1) is 22.8 Å². The predicted octanol–water partition coefficient (Wildman–Crippen LogP) is 2.83. The zero-order valence-corrected chi connectivity index (χ0v) is 21.4. The van der Waals surface area contributed by atoms with Gasteiger partial charge in [0.15, 0.2) is 5.52 Å². The number of aromatic amines is 1. The van der Waals surface area contributed by atoms with Gasteiger partial charge in [0.25, 0.3) is 5.56 Å². The molecule has 2 N–H and O–H groups in total. The molecule has 0 radical (unpaired) electrons. The lowest BCUT2D eigenvalue weighted by Crippen LogP contribution is -2.31. The summed E-state index contributed by atoms with van der Waals surface area (Å²) in [5, 5.41) is 4.09. The summed E-state index contributed by atoms with van der Waals surface area (Å²) < 4.78 is 92.4. The Balaban J connectivity index is 1.79. The number of aromatic nitrogens is 4. The third-order valence-corrected chi connectivity index (χ3v) is 7.45. The molecule has 196 valence electrons. The number of aryl methyl sites for hydroxylation is 2. The molecule has 0 spiro atoms. The topological polar surface area (TPSA) is 122 Å². The van der Waals surface area contributed by atoms with Crippen LogP contribution >= 0.6 is 0 Å². The summed E-state index contributed by atoms with van der Waals surface area (Å²) in [5.41, 5.74) is -1.22. The van der Waals surface area contributed by atoms with E-state index in [1.54, 1.807) is 7.05 Å². The first-order chi connectivity index (χ1) is 19.9. The molecular weight excluding hydrogens is 480 g/mol. The maximum Gasteiger partial charge on any atom is 0.277 e. The second kappa shape index (κ2) is 11.1. The van der Waals surface area contributed by atoms with Crippen molar-refractivity contribution in [1.82, 2.24) is 29.4 Å². The van der Waals surface area contributed by atoms with Crippen molar-refractivity contribution in [1.29, 1.82) is 0 Å². The molecule has 2 aromatic heterocycles. The quantitative estimate of drug-likeness (QED) is 0.396. The lowest BCUT2D eigenvalue weighted by atomic mass is 10.1. The van der Waals surface area contributed by atoms with Gasteiger partial charge in [-0.1, -0.05) is 20.2 Å². The van der Waals surface area contributed by atoms with Crippen molar-refractivity contribution < 1.29 is 22.7 Å². The summed E-state index contributed by atoms with van der Waals surface area (Å²) in [6, 6.07) is 3.51. The molecule has 1 aromatic carbocycles. The SMILES string of the molecule is [2H]C([2H])([2H])CC([2H])([2H])c1nn(C)c2c(=O)[nH]c(-c3cc(S(=O)(=O)NCC([2H])([2H])C4CCCN4C)ccc3OCCC)nc12. The van der Waals surface area contributed by atoms with E-state index in [0.29, 0.717) is 12.8 Å². The number of nitrogens with zero attached hydrogens (tertiary/aromatic N) is 4. The van der Waals surface area contributed by atoms with Crippen molar-refractivity contribution >= 4 is 21.1 Å². The normalized spacial score (nSPS) is 20.8. The minimum atomic E-state index is -4.23. The molecule has 0 aliphatic carbocycles. The highest BCUT2D eigenvalue weighted by atomic mass is 32.2. The van der Waals surface area contributed by atoms with E-state index in [0.717, 1.165) is 17.6 Å². The third-order valence-electron chi connectivity index (χ3n) is 6.05. The number of likely N-dealkylation sites (tertiary alicyclic amines) is 1. The van der Waals surface area contributed by atoms with Crippen LogP contribution in [0.5, 0.6) is 5.75 Å². The molecule has 1 fully saturated rings. The Morgan fingerprint density at radius 2 is 2.17 bits per heavy atom. The summed E-state index contributed by atoms with van der Waals surface area (Å²) in [7, 11) is -1.02. The van der Waals surface area contributed by atoms with Gasteiger partial charge in [-0.3, -0.25) is 9.48 Å². The maximum atomic E-state index is 13.3. The van der Waals surface area contributed by atoms with Crippen molar-refractivity contribution in [2.24, 2.45) is 7.05 Å². The zero-order valence-electron chi connectivity index (χ0n) is 27.6. The summed E-state index contributed by atoms with van der Waals surface area (Å²) in [6.45, 7) is -0.216. The number of nitrogens with one attached hydrogen (secondary N) is 2. The zero-order chi connectivity index (χ0) is 32.0. The van der Waals surface area contributed by atoms with Crippen LogP contribution in [0, 0.1) is 0 Å². The van der Waals surface area contributed by atoms with E-state index in [4.69, 9.17) is 14.3 Å². The van der Waals surface area contributed by atoms with Gasteiger partial charge >= 0.3 is 0 Å². The molecular formula is C25H36N6O4S. The molecule has 0 bridgehead atoms. The largest absolute Gasteiger partial charge is 0.493 e. The van der Waals surface area contributed by atoms with Crippen LogP contribution < -0.4 is 15.0 Å². The van der Waals surface area contributed by atoms with E-state index in [1.165, 1.54) is 25.2 Å². The van der Waals surface area contributed by atoms with Gasteiger partial charge in [-0.15, -0.1) is 0 Å². The van der Waals surface area contributed by atoms with Crippen molar-refractivity contribution in [3.05, 3.63) is 34.2 Å². The Labute approximate surface area is 222 Å². The maximum absolute atomic E-state index is 13.3. The molecule has 11 heteroatoms. The van der Waals surface area contributed by atoms with Crippen molar-refractivity contribution in [3.8, 4) is 17.1 Å². The molecule has 1 unspecified atom stereocenters. The van der Waals surface area contributed by atoms with Gasteiger partial charge in [0.1, 0.15) is 17.1 Å². The molecule has 1 aliphatic rings. The van der Waals surface area contributed by atoms with E-state index in [1.807, 2.05) is 11.8 Å². The Bertz CT molecular complexity index is 1660. The van der Waals surface area contributed by atoms with Gasteiger partial charge in [-0.05, 0) is 63.8 Å². The van der Waals surface area contributed by atoms with Gasteiger partial charge in [0, 0.05) is 29.2 Å².